The molecule has 0 saturated carbocycles. The number of hydrogen-bond donors (Lipinski definition) is 0. The third-order valence-corrected chi connectivity index (χ3v) is 9.97. The van der Waals surface area contributed by atoms with Gasteiger partial charge in [-0.1, -0.05) is 144 Å². The van der Waals surface area contributed by atoms with Crippen molar-refractivity contribution < 1.29 is 20.4 Å². The maximum Gasteiger partial charge on any atom is 0.0636 e. The molecular formula is C46H76N2Pd. The van der Waals surface area contributed by atoms with E-state index in [0.717, 1.165) is 30.6 Å². The Morgan fingerprint density at radius 3 is 1.10 bits per heavy atom. The van der Waals surface area contributed by atoms with Crippen molar-refractivity contribution in [3.63, 3.8) is 0 Å². The predicted molar refractivity (Wildman–Crippen MR) is 218 cm³/mol. The number of rotatable bonds is 29. The summed E-state index contributed by atoms with van der Waals surface area (Å²) in [5.74, 6) is 0. The molecule has 2 aromatic rings. The first kappa shape index (κ1) is 45.5. The van der Waals surface area contributed by atoms with Gasteiger partial charge in [-0.3, -0.25) is 9.98 Å². The van der Waals surface area contributed by atoms with E-state index in [4.69, 9.17) is 9.98 Å². The van der Waals surface area contributed by atoms with Crippen LogP contribution in [-0.4, -0.2) is 11.4 Å². The molecule has 2 nitrogen and oxygen atoms in total. The zero-order chi connectivity index (χ0) is 34.7. The van der Waals surface area contributed by atoms with Crippen LogP contribution in [0.5, 0.6) is 0 Å². The summed E-state index contributed by atoms with van der Waals surface area (Å²) in [6, 6.07) is 14.3. The summed E-state index contributed by atoms with van der Waals surface area (Å²) in [7, 11) is 0. The second-order valence-electron chi connectivity index (χ2n) is 14.5. The summed E-state index contributed by atoms with van der Waals surface area (Å²) in [6.45, 7) is 13.8. The van der Waals surface area contributed by atoms with Crippen LogP contribution in [0.25, 0.3) is 0 Å². The van der Waals surface area contributed by atoms with Crippen molar-refractivity contribution in [2.24, 2.45) is 9.98 Å². The van der Waals surface area contributed by atoms with Gasteiger partial charge in [0.15, 0.2) is 0 Å². The van der Waals surface area contributed by atoms with Gasteiger partial charge in [-0.15, -0.1) is 0 Å². The molecule has 0 amide bonds. The van der Waals surface area contributed by atoms with Gasteiger partial charge in [0, 0.05) is 20.4 Å². The molecule has 0 heterocycles. The molecule has 0 spiro atoms. The van der Waals surface area contributed by atoms with Crippen LogP contribution in [0.1, 0.15) is 205 Å². The van der Waals surface area contributed by atoms with Crippen molar-refractivity contribution >= 4 is 22.8 Å². The molecule has 280 valence electrons. The van der Waals surface area contributed by atoms with Crippen LogP contribution < -0.4 is 0 Å². The molecule has 0 aromatic heterocycles. The molecular weight excluding hydrogens is 687 g/mol. The van der Waals surface area contributed by atoms with Crippen LogP contribution in [0.3, 0.4) is 0 Å². The van der Waals surface area contributed by atoms with Crippen molar-refractivity contribution in [1.82, 2.24) is 0 Å². The number of hydrogen-bond acceptors (Lipinski definition) is 2. The van der Waals surface area contributed by atoms with E-state index < -0.39 is 0 Å². The SMILES string of the molecule is CCCCCCCCC(=Nc1ccc(CCCCC)c(CCCCC)c1)C(CCCC)=Nc1ccc(CCCCC)c(CCCCC)c1.[Pd]. The fourth-order valence-electron chi connectivity index (χ4n) is 6.84. The standard InChI is InChI=1S/C46H76N2.Pd/c1-7-13-19-20-21-26-32-46(48-44-36-34-40(28-23-15-9-3)42(38-44)30-25-17-11-5)45(31-18-12-6)47-43-35-33-39(27-22-14-8-2)41(37-43)29-24-16-10-4;/h33-38H,7-32H2,1-6H3;. The normalized spacial score (nSPS) is 12.0. The van der Waals surface area contributed by atoms with E-state index in [9.17, 15) is 0 Å². The maximum atomic E-state index is 5.50. The molecule has 0 aliphatic heterocycles. The van der Waals surface area contributed by atoms with Gasteiger partial charge in [0.1, 0.15) is 0 Å². The van der Waals surface area contributed by atoms with E-state index in [1.165, 1.54) is 170 Å². The quantitative estimate of drug-likeness (QED) is 0.0448. The Hall–Kier alpha value is -1.56. The molecule has 2 aromatic carbocycles. The van der Waals surface area contributed by atoms with Crippen LogP contribution in [-0.2, 0) is 46.1 Å². The van der Waals surface area contributed by atoms with Crippen LogP contribution in [0.15, 0.2) is 46.4 Å². The van der Waals surface area contributed by atoms with Crippen molar-refractivity contribution in [2.45, 2.75) is 208 Å². The maximum absolute atomic E-state index is 5.50. The second-order valence-corrected chi connectivity index (χ2v) is 14.5. The third kappa shape index (κ3) is 19.6. The van der Waals surface area contributed by atoms with Gasteiger partial charge in [-0.2, -0.15) is 0 Å². The largest absolute Gasteiger partial charge is 0.252 e. The molecule has 2 rings (SSSR count). The summed E-state index contributed by atoms with van der Waals surface area (Å²) >= 11 is 0. The van der Waals surface area contributed by atoms with Gasteiger partial charge in [-0.25, -0.2) is 0 Å². The monoisotopic (exact) mass is 763 g/mol. The molecule has 0 radical (unpaired) electrons. The fraction of sp³-hybridized carbons (Fsp3) is 0.696. The van der Waals surface area contributed by atoms with E-state index in [-0.39, 0.29) is 20.4 Å². The average Bonchev–Trinajstić information content (AvgIpc) is 3.09. The Morgan fingerprint density at radius 2 is 0.694 bits per heavy atom. The number of unbranched alkanes of at least 4 members (excludes halogenated alkanes) is 14. The molecule has 3 heteroatoms. The minimum absolute atomic E-state index is 0. The van der Waals surface area contributed by atoms with E-state index in [2.05, 4.69) is 77.9 Å². The van der Waals surface area contributed by atoms with Crippen molar-refractivity contribution in [2.75, 3.05) is 0 Å². The van der Waals surface area contributed by atoms with Gasteiger partial charge < -0.3 is 0 Å². The summed E-state index contributed by atoms with van der Waals surface area (Å²) in [4.78, 5) is 11.0. The summed E-state index contributed by atoms with van der Waals surface area (Å²) in [5, 5.41) is 0. The van der Waals surface area contributed by atoms with Crippen LogP contribution in [0.2, 0.25) is 0 Å². The van der Waals surface area contributed by atoms with E-state index >= 15 is 0 Å². The van der Waals surface area contributed by atoms with Gasteiger partial charge >= 0.3 is 0 Å². The van der Waals surface area contributed by atoms with Gasteiger partial charge in [0.25, 0.3) is 0 Å². The molecule has 0 fully saturated rings. The molecule has 0 aliphatic carbocycles. The van der Waals surface area contributed by atoms with E-state index in [1.54, 1.807) is 11.1 Å². The molecule has 0 atom stereocenters. The molecule has 0 saturated heterocycles. The van der Waals surface area contributed by atoms with Crippen LogP contribution >= 0.6 is 0 Å². The fourth-order valence-corrected chi connectivity index (χ4v) is 6.84. The first-order valence-electron chi connectivity index (χ1n) is 21.0. The van der Waals surface area contributed by atoms with Crippen LogP contribution in [0, 0.1) is 0 Å². The van der Waals surface area contributed by atoms with Gasteiger partial charge in [0.2, 0.25) is 0 Å². The summed E-state index contributed by atoms with van der Waals surface area (Å²) in [5.41, 5.74) is 10.9. The first-order valence-corrected chi connectivity index (χ1v) is 21.0. The predicted octanol–water partition coefficient (Wildman–Crippen LogP) is 15.4. The van der Waals surface area contributed by atoms with Gasteiger partial charge in [0.05, 0.1) is 22.8 Å². The Balaban J connectivity index is 0.0000120. The Labute approximate surface area is 318 Å². The number of aryl methyl sites for hydroxylation is 4. The minimum atomic E-state index is 0. The minimum Gasteiger partial charge on any atom is -0.252 e. The molecule has 49 heavy (non-hydrogen) atoms. The zero-order valence-electron chi connectivity index (χ0n) is 33.1. The second kappa shape index (κ2) is 30.1. The Morgan fingerprint density at radius 1 is 0.367 bits per heavy atom. The average molecular weight is 764 g/mol. The van der Waals surface area contributed by atoms with E-state index in [1.807, 2.05) is 0 Å². The third-order valence-electron chi connectivity index (χ3n) is 9.97. The molecule has 0 aliphatic rings. The molecule has 0 bridgehead atoms. The first-order chi connectivity index (χ1) is 23.6. The number of nitrogens with zero attached hydrogens (tertiary/aromatic N) is 2. The van der Waals surface area contributed by atoms with Crippen molar-refractivity contribution in [3.05, 3.63) is 58.7 Å². The van der Waals surface area contributed by atoms with Crippen LogP contribution in [0.4, 0.5) is 11.4 Å². The smallest absolute Gasteiger partial charge is 0.0636 e. The summed E-state index contributed by atoms with van der Waals surface area (Å²) in [6.07, 6.45) is 32.4. The number of aliphatic imine (C=N–C) groups is 2. The Bertz CT molecular complexity index is 1160. The van der Waals surface area contributed by atoms with Crippen molar-refractivity contribution in [1.29, 1.82) is 0 Å². The number of benzene rings is 2. The molecule has 0 unspecified atom stereocenters. The van der Waals surface area contributed by atoms with Gasteiger partial charge in [-0.05, 0) is 124 Å². The van der Waals surface area contributed by atoms with E-state index in [0.29, 0.717) is 0 Å². The summed E-state index contributed by atoms with van der Waals surface area (Å²) < 4.78 is 0. The zero-order valence-corrected chi connectivity index (χ0v) is 34.6. The molecule has 0 N–H and O–H groups in total. The van der Waals surface area contributed by atoms with Crippen molar-refractivity contribution in [3.8, 4) is 0 Å². The topological polar surface area (TPSA) is 24.7 Å². The Kier molecular flexibility index (Phi) is 27.9.